The maximum absolute atomic E-state index is 13.4. The lowest BCUT2D eigenvalue weighted by atomic mass is 10.0. The van der Waals surface area contributed by atoms with E-state index in [1.165, 1.54) is 0 Å². The predicted octanol–water partition coefficient (Wildman–Crippen LogP) is 5.61. The van der Waals surface area contributed by atoms with Crippen LogP contribution in [0.4, 0.5) is 0 Å². The molecule has 0 aliphatic rings. The summed E-state index contributed by atoms with van der Waals surface area (Å²) < 4.78 is 11.1. The normalized spacial score (nSPS) is 11.8. The van der Waals surface area contributed by atoms with Crippen LogP contribution in [0.3, 0.4) is 0 Å². The number of hydrogen-bond donors (Lipinski definition) is 0. The topological polar surface area (TPSA) is 55.6 Å². The van der Waals surface area contributed by atoms with Crippen LogP contribution in [0.5, 0.6) is 5.75 Å². The first-order valence-corrected chi connectivity index (χ1v) is 11.5. The van der Waals surface area contributed by atoms with E-state index in [9.17, 15) is 4.79 Å². The van der Waals surface area contributed by atoms with Gasteiger partial charge in [0.25, 0.3) is 0 Å². The molecule has 4 rings (SSSR count). The number of benzene rings is 2. The standard InChI is InChI=1S/C26H26N2O3S/c1-19(15-21-11-6-7-12-23(21)30-2)28(17-20-9-4-3-5-10-20)25(29)16-22-18-31-26(27-22)24-13-8-14-32-24/h3-14,18-19H,15-17H2,1-2H3. The lowest BCUT2D eigenvalue weighted by Crippen LogP contribution is -2.40. The summed E-state index contributed by atoms with van der Waals surface area (Å²) in [5, 5.41) is 1.98. The van der Waals surface area contributed by atoms with Gasteiger partial charge in [-0.05, 0) is 42.0 Å². The molecule has 32 heavy (non-hydrogen) atoms. The Morgan fingerprint density at radius 2 is 1.88 bits per heavy atom. The zero-order valence-corrected chi connectivity index (χ0v) is 19.0. The third-order valence-corrected chi connectivity index (χ3v) is 6.23. The lowest BCUT2D eigenvalue weighted by Gasteiger charge is -2.30. The van der Waals surface area contributed by atoms with Gasteiger partial charge in [0, 0.05) is 12.6 Å². The van der Waals surface area contributed by atoms with Crippen molar-refractivity contribution in [3.63, 3.8) is 0 Å². The molecular formula is C26H26N2O3S. The highest BCUT2D eigenvalue weighted by Crippen LogP contribution is 2.25. The molecule has 0 aliphatic carbocycles. The number of thiophene rings is 1. The van der Waals surface area contributed by atoms with Gasteiger partial charge < -0.3 is 14.1 Å². The molecular weight excluding hydrogens is 420 g/mol. The van der Waals surface area contributed by atoms with Crippen LogP contribution in [0.1, 0.15) is 23.7 Å². The molecule has 2 aromatic heterocycles. The van der Waals surface area contributed by atoms with Crippen molar-refractivity contribution in [3.05, 3.63) is 95.2 Å². The van der Waals surface area contributed by atoms with E-state index >= 15 is 0 Å². The number of carbonyl (C=O) groups excluding carboxylic acids is 1. The van der Waals surface area contributed by atoms with Crippen molar-refractivity contribution in [1.82, 2.24) is 9.88 Å². The molecule has 6 heteroatoms. The third-order valence-electron chi connectivity index (χ3n) is 5.37. The van der Waals surface area contributed by atoms with E-state index in [2.05, 4.69) is 11.9 Å². The molecule has 1 atom stereocenters. The van der Waals surface area contributed by atoms with E-state index in [0.717, 1.165) is 21.8 Å². The van der Waals surface area contributed by atoms with Gasteiger partial charge in [0.05, 0.1) is 24.1 Å². The van der Waals surface area contributed by atoms with Crippen LogP contribution in [0, 0.1) is 0 Å². The van der Waals surface area contributed by atoms with Crippen molar-refractivity contribution in [2.75, 3.05) is 7.11 Å². The van der Waals surface area contributed by atoms with Crippen LogP contribution in [0.2, 0.25) is 0 Å². The summed E-state index contributed by atoms with van der Waals surface area (Å²) in [6, 6.07) is 21.9. The van der Waals surface area contributed by atoms with Gasteiger partial charge in [-0.1, -0.05) is 54.6 Å². The van der Waals surface area contributed by atoms with Gasteiger partial charge in [0.15, 0.2) is 0 Å². The molecule has 0 bridgehead atoms. The lowest BCUT2D eigenvalue weighted by molar-refractivity contribution is -0.133. The molecule has 0 radical (unpaired) electrons. The Labute approximate surface area is 192 Å². The maximum atomic E-state index is 13.4. The highest BCUT2D eigenvalue weighted by Gasteiger charge is 2.23. The van der Waals surface area contributed by atoms with Crippen LogP contribution in [0.15, 0.2) is 82.8 Å². The summed E-state index contributed by atoms with van der Waals surface area (Å²) in [4.78, 5) is 20.8. The van der Waals surface area contributed by atoms with E-state index in [4.69, 9.17) is 9.15 Å². The minimum absolute atomic E-state index is 0.0160. The first-order valence-electron chi connectivity index (χ1n) is 10.6. The fourth-order valence-corrected chi connectivity index (χ4v) is 4.38. The van der Waals surface area contributed by atoms with Gasteiger partial charge in [-0.2, -0.15) is 0 Å². The average Bonchev–Trinajstić information content (AvgIpc) is 3.50. The van der Waals surface area contributed by atoms with Gasteiger partial charge in [0.2, 0.25) is 11.8 Å². The summed E-state index contributed by atoms with van der Waals surface area (Å²) in [6.45, 7) is 2.61. The number of ether oxygens (including phenoxy) is 1. The quantitative estimate of drug-likeness (QED) is 0.335. The summed E-state index contributed by atoms with van der Waals surface area (Å²) in [5.74, 6) is 1.41. The van der Waals surface area contributed by atoms with Crippen molar-refractivity contribution in [3.8, 4) is 16.5 Å². The van der Waals surface area contributed by atoms with E-state index in [-0.39, 0.29) is 18.4 Å². The monoisotopic (exact) mass is 446 g/mol. The second-order valence-corrected chi connectivity index (χ2v) is 8.62. The number of rotatable bonds is 9. The van der Waals surface area contributed by atoms with E-state index in [0.29, 0.717) is 24.6 Å². The molecule has 0 fully saturated rings. The minimum atomic E-state index is -0.0253. The zero-order chi connectivity index (χ0) is 22.3. The fourth-order valence-electron chi connectivity index (χ4n) is 3.73. The molecule has 0 spiro atoms. The van der Waals surface area contributed by atoms with Crippen LogP contribution in [-0.4, -0.2) is 28.9 Å². The highest BCUT2D eigenvalue weighted by atomic mass is 32.1. The number of para-hydroxylation sites is 1. The van der Waals surface area contributed by atoms with Crippen LogP contribution in [0.25, 0.3) is 10.8 Å². The largest absolute Gasteiger partial charge is 0.496 e. The molecule has 0 saturated heterocycles. The molecule has 0 N–H and O–H groups in total. The summed E-state index contributed by atoms with van der Waals surface area (Å²) in [5.41, 5.74) is 2.81. The fraction of sp³-hybridized carbons (Fsp3) is 0.231. The van der Waals surface area contributed by atoms with Gasteiger partial charge in [-0.25, -0.2) is 4.98 Å². The van der Waals surface area contributed by atoms with E-state index in [1.54, 1.807) is 24.7 Å². The van der Waals surface area contributed by atoms with Gasteiger partial charge in [0.1, 0.15) is 12.0 Å². The molecule has 0 saturated carbocycles. The third kappa shape index (κ3) is 5.26. The SMILES string of the molecule is COc1ccccc1CC(C)N(Cc1ccccc1)C(=O)Cc1coc(-c2cccs2)n1. The van der Waals surface area contributed by atoms with Crippen molar-refractivity contribution in [2.24, 2.45) is 0 Å². The number of hydrogen-bond acceptors (Lipinski definition) is 5. The number of oxazole rings is 1. The molecule has 164 valence electrons. The van der Waals surface area contributed by atoms with Crippen molar-refractivity contribution in [2.45, 2.75) is 32.4 Å². The molecule has 0 aliphatic heterocycles. The Morgan fingerprint density at radius 1 is 1.09 bits per heavy atom. The van der Waals surface area contributed by atoms with Gasteiger partial charge in [-0.3, -0.25) is 4.79 Å². The second kappa shape index (κ2) is 10.3. The number of aromatic nitrogens is 1. The Balaban J connectivity index is 1.53. The van der Waals surface area contributed by atoms with Crippen molar-refractivity contribution in [1.29, 1.82) is 0 Å². The predicted molar refractivity (Wildman–Crippen MR) is 127 cm³/mol. The Bertz CT molecular complexity index is 1140. The number of methoxy groups -OCH3 is 1. The highest BCUT2D eigenvalue weighted by molar-refractivity contribution is 7.13. The molecule has 2 heterocycles. The molecule has 4 aromatic rings. The smallest absolute Gasteiger partial charge is 0.236 e. The summed E-state index contributed by atoms with van der Waals surface area (Å²) in [7, 11) is 1.67. The number of carbonyl (C=O) groups is 1. The number of amides is 1. The molecule has 5 nitrogen and oxygen atoms in total. The Morgan fingerprint density at radius 3 is 2.62 bits per heavy atom. The van der Waals surface area contributed by atoms with Crippen molar-refractivity contribution >= 4 is 17.2 Å². The van der Waals surface area contributed by atoms with Crippen LogP contribution in [-0.2, 0) is 24.2 Å². The number of nitrogens with zero attached hydrogens (tertiary/aromatic N) is 2. The second-order valence-electron chi connectivity index (χ2n) is 7.67. The molecule has 1 amide bonds. The summed E-state index contributed by atoms with van der Waals surface area (Å²) in [6.07, 6.45) is 2.47. The molecule has 1 unspecified atom stereocenters. The van der Waals surface area contributed by atoms with Crippen LogP contribution >= 0.6 is 11.3 Å². The van der Waals surface area contributed by atoms with E-state index in [1.807, 2.05) is 77.0 Å². The summed E-state index contributed by atoms with van der Waals surface area (Å²) >= 11 is 1.56. The first kappa shape index (κ1) is 21.8. The Kier molecular flexibility index (Phi) is 7.02. The van der Waals surface area contributed by atoms with Crippen molar-refractivity contribution < 1.29 is 13.9 Å². The van der Waals surface area contributed by atoms with E-state index < -0.39 is 0 Å². The van der Waals surface area contributed by atoms with Crippen LogP contribution < -0.4 is 4.74 Å². The van der Waals surface area contributed by atoms with Gasteiger partial charge >= 0.3 is 0 Å². The van der Waals surface area contributed by atoms with Gasteiger partial charge in [-0.15, -0.1) is 11.3 Å². The first-order chi connectivity index (χ1) is 15.6. The minimum Gasteiger partial charge on any atom is -0.496 e. The zero-order valence-electron chi connectivity index (χ0n) is 18.2. The Hall–Kier alpha value is -3.38. The maximum Gasteiger partial charge on any atom is 0.236 e. The average molecular weight is 447 g/mol. The molecule has 2 aromatic carbocycles.